The Balaban J connectivity index is 2.30. The van der Waals surface area contributed by atoms with Crippen LogP contribution in [0.3, 0.4) is 0 Å². The van der Waals surface area contributed by atoms with Crippen molar-refractivity contribution in [3.8, 4) is 5.75 Å². The summed E-state index contributed by atoms with van der Waals surface area (Å²) in [5.74, 6) is 1.28. The number of pyridine rings is 1. The molecule has 104 valence electrons. The van der Waals surface area contributed by atoms with E-state index >= 15 is 0 Å². The number of methoxy groups -OCH3 is 1. The fourth-order valence-corrected chi connectivity index (χ4v) is 2.14. The Morgan fingerprint density at radius 3 is 2.70 bits per heavy atom. The van der Waals surface area contributed by atoms with Gasteiger partial charge in [-0.05, 0) is 37.3 Å². The molecule has 0 spiro atoms. The maximum atomic E-state index is 6.08. The minimum absolute atomic E-state index is 0.339. The molecule has 0 fully saturated rings. The molecule has 0 bridgehead atoms. The highest BCUT2D eigenvalue weighted by molar-refractivity contribution is 7.80. The van der Waals surface area contributed by atoms with Crippen molar-refractivity contribution in [1.82, 2.24) is 4.98 Å². The van der Waals surface area contributed by atoms with Crippen LogP contribution in [0.4, 0.5) is 11.5 Å². The first kappa shape index (κ1) is 14.6. The number of nitrogens with one attached hydrogen (secondary N) is 1. The van der Waals surface area contributed by atoms with Gasteiger partial charge in [-0.15, -0.1) is 0 Å². The number of benzene rings is 1. The van der Waals surface area contributed by atoms with E-state index in [9.17, 15) is 0 Å². The Hall–Kier alpha value is -1.85. The predicted molar refractivity (Wildman–Crippen MR) is 86.1 cm³/mol. The monoisotopic (exact) mass is 307 g/mol. The Morgan fingerprint density at radius 1 is 1.35 bits per heavy atom. The van der Waals surface area contributed by atoms with Gasteiger partial charge in [-0.3, -0.25) is 0 Å². The topological polar surface area (TPSA) is 60.2 Å². The van der Waals surface area contributed by atoms with E-state index in [0.717, 1.165) is 16.9 Å². The molecule has 1 heterocycles. The summed E-state index contributed by atoms with van der Waals surface area (Å²) in [6, 6.07) is 9.05. The second-order valence-corrected chi connectivity index (χ2v) is 5.07. The molecule has 0 radical (unpaired) electrons. The Bertz CT molecular complexity index is 661. The van der Waals surface area contributed by atoms with Gasteiger partial charge in [0.2, 0.25) is 0 Å². The third kappa shape index (κ3) is 3.37. The zero-order chi connectivity index (χ0) is 14.7. The summed E-state index contributed by atoms with van der Waals surface area (Å²) in [4.78, 5) is 4.72. The molecule has 2 aromatic rings. The second kappa shape index (κ2) is 6.07. The van der Waals surface area contributed by atoms with E-state index in [4.69, 9.17) is 34.3 Å². The van der Waals surface area contributed by atoms with Crippen molar-refractivity contribution in [2.75, 3.05) is 12.4 Å². The number of aromatic nitrogens is 1. The largest absolute Gasteiger partial charge is 0.495 e. The number of hydrogen-bond acceptors (Lipinski definition) is 4. The van der Waals surface area contributed by atoms with Crippen molar-refractivity contribution in [2.45, 2.75) is 6.92 Å². The van der Waals surface area contributed by atoms with Gasteiger partial charge in [0, 0.05) is 16.9 Å². The van der Waals surface area contributed by atoms with Crippen LogP contribution in [-0.4, -0.2) is 17.1 Å². The number of nitrogens with two attached hydrogens (primary N) is 1. The molecule has 1 aromatic carbocycles. The lowest BCUT2D eigenvalue weighted by Gasteiger charge is -2.10. The normalized spacial score (nSPS) is 10.2. The third-order valence-electron chi connectivity index (χ3n) is 2.66. The maximum Gasteiger partial charge on any atom is 0.137 e. The Labute approximate surface area is 127 Å². The van der Waals surface area contributed by atoms with E-state index in [-0.39, 0.29) is 0 Å². The van der Waals surface area contributed by atoms with Crippen molar-refractivity contribution in [1.29, 1.82) is 0 Å². The van der Waals surface area contributed by atoms with Gasteiger partial charge < -0.3 is 15.8 Å². The van der Waals surface area contributed by atoms with Crippen LogP contribution in [0, 0.1) is 6.92 Å². The molecule has 0 atom stereocenters. The number of hydrogen-bond donors (Lipinski definition) is 2. The van der Waals surface area contributed by atoms with Crippen LogP contribution in [0.2, 0.25) is 5.02 Å². The Kier molecular flexibility index (Phi) is 4.42. The molecular weight excluding hydrogens is 294 g/mol. The summed E-state index contributed by atoms with van der Waals surface area (Å²) in [7, 11) is 1.57. The molecule has 0 aliphatic heterocycles. The van der Waals surface area contributed by atoms with E-state index in [1.54, 1.807) is 25.3 Å². The predicted octanol–water partition coefficient (Wildman–Crippen LogP) is 3.43. The first-order valence-corrected chi connectivity index (χ1v) is 6.67. The number of anilines is 2. The van der Waals surface area contributed by atoms with Gasteiger partial charge in [0.15, 0.2) is 0 Å². The summed E-state index contributed by atoms with van der Waals surface area (Å²) in [5, 5.41) is 3.69. The fraction of sp³-hybridized carbons (Fsp3) is 0.143. The molecule has 0 saturated heterocycles. The lowest BCUT2D eigenvalue weighted by atomic mass is 10.2. The summed E-state index contributed by atoms with van der Waals surface area (Å²) < 4.78 is 5.11. The third-order valence-corrected chi connectivity index (χ3v) is 3.19. The van der Waals surface area contributed by atoms with Crippen molar-refractivity contribution < 1.29 is 4.74 Å². The first-order valence-electron chi connectivity index (χ1n) is 5.88. The second-order valence-electron chi connectivity index (χ2n) is 4.22. The van der Waals surface area contributed by atoms with Gasteiger partial charge in [0.1, 0.15) is 16.6 Å². The summed E-state index contributed by atoms with van der Waals surface area (Å²) in [6.07, 6.45) is 0. The molecule has 0 aliphatic carbocycles. The first-order chi connectivity index (χ1) is 9.49. The van der Waals surface area contributed by atoms with Crippen LogP contribution in [-0.2, 0) is 0 Å². The highest BCUT2D eigenvalue weighted by Gasteiger charge is 2.05. The molecule has 0 aliphatic rings. The quantitative estimate of drug-likeness (QED) is 0.847. The lowest BCUT2D eigenvalue weighted by Crippen LogP contribution is -2.10. The van der Waals surface area contributed by atoms with Crippen molar-refractivity contribution in [2.24, 2.45) is 5.73 Å². The average molecular weight is 308 g/mol. The van der Waals surface area contributed by atoms with Gasteiger partial charge in [0.25, 0.3) is 0 Å². The lowest BCUT2D eigenvalue weighted by molar-refractivity contribution is 0.415. The molecule has 6 heteroatoms. The minimum Gasteiger partial charge on any atom is -0.495 e. The van der Waals surface area contributed by atoms with Crippen LogP contribution >= 0.6 is 23.8 Å². The van der Waals surface area contributed by atoms with Crippen LogP contribution in [0.1, 0.15) is 11.3 Å². The molecule has 0 unspecified atom stereocenters. The highest BCUT2D eigenvalue weighted by Crippen LogP contribution is 2.28. The highest BCUT2D eigenvalue weighted by atomic mass is 35.5. The maximum absolute atomic E-state index is 6.08. The molecule has 2 rings (SSSR count). The smallest absolute Gasteiger partial charge is 0.137 e. The van der Waals surface area contributed by atoms with Crippen LogP contribution in [0.25, 0.3) is 0 Å². The van der Waals surface area contributed by atoms with E-state index in [1.165, 1.54) is 0 Å². The molecule has 1 aromatic heterocycles. The van der Waals surface area contributed by atoms with Gasteiger partial charge in [-0.25, -0.2) is 4.98 Å². The molecule has 4 nitrogen and oxygen atoms in total. The zero-order valence-electron chi connectivity index (χ0n) is 11.1. The molecule has 0 saturated carbocycles. The van der Waals surface area contributed by atoms with E-state index in [1.807, 2.05) is 19.1 Å². The molecule has 3 N–H and O–H groups in total. The van der Waals surface area contributed by atoms with Gasteiger partial charge in [-0.1, -0.05) is 23.8 Å². The van der Waals surface area contributed by atoms with Crippen molar-refractivity contribution in [3.05, 3.63) is 46.6 Å². The van der Waals surface area contributed by atoms with Crippen LogP contribution in [0.5, 0.6) is 5.75 Å². The Morgan fingerprint density at radius 2 is 2.10 bits per heavy atom. The molecular formula is C14H14ClN3OS. The van der Waals surface area contributed by atoms with E-state index < -0.39 is 0 Å². The standard InChI is InChI=1S/C14H14ClN3OS/c1-8-5-9(14(16)20)6-13(17-8)18-10-3-4-12(19-2)11(15)7-10/h3-7H,1-2H3,(H2,16,20)(H,17,18). The number of aryl methyl sites for hydroxylation is 1. The zero-order valence-corrected chi connectivity index (χ0v) is 12.7. The number of thiocarbonyl (C=S) groups is 1. The minimum atomic E-state index is 0.339. The fourth-order valence-electron chi connectivity index (χ4n) is 1.77. The summed E-state index contributed by atoms with van der Waals surface area (Å²) in [5.41, 5.74) is 8.06. The number of ether oxygens (including phenoxy) is 1. The number of nitrogens with zero attached hydrogens (tertiary/aromatic N) is 1. The SMILES string of the molecule is COc1ccc(Nc2cc(C(N)=S)cc(C)n2)cc1Cl. The van der Waals surface area contributed by atoms with Crippen LogP contribution in [0.15, 0.2) is 30.3 Å². The molecule has 0 amide bonds. The van der Waals surface area contributed by atoms with E-state index in [0.29, 0.717) is 21.6 Å². The summed E-state index contributed by atoms with van der Waals surface area (Å²) >= 11 is 11.1. The molecule has 20 heavy (non-hydrogen) atoms. The number of halogens is 1. The van der Waals surface area contributed by atoms with Gasteiger partial charge >= 0.3 is 0 Å². The van der Waals surface area contributed by atoms with Gasteiger partial charge in [-0.2, -0.15) is 0 Å². The number of rotatable bonds is 4. The summed E-state index contributed by atoms with van der Waals surface area (Å²) in [6.45, 7) is 1.88. The van der Waals surface area contributed by atoms with Crippen molar-refractivity contribution >= 4 is 40.3 Å². The van der Waals surface area contributed by atoms with E-state index in [2.05, 4.69) is 10.3 Å². The van der Waals surface area contributed by atoms with Gasteiger partial charge in [0.05, 0.1) is 12.1 Å². The van der Waals surface area contributed by atoms with Crippen LogP contribution < -0.4 is 15.8 Å². The van der Waals surface area contributed by atoms with Crippen molar-refractivity contribution in [3.63, 3.8) is 0 Å². The average Bonchev–Trinajstić information content (AvgIpc) is 2.38.